The Hall–Kier alpha value is -1.46. The first-order valence-electron chi connectivity index (χ1n) is 4.97. The first-order chi connectivity index (χ1) is 7.63. The van der Waals surface area contributed by atoms with Gasteiger partial charge in [0.1, 0.15) is 17.1 Å². The summed E-state index contributed by atoms with van der Waals surface area (Å²) in [6.45, 7) is 0.545. The van der Waals surface area contributed by atoms with Crippen LogP contribution in [0.15, 0.2) is 12.1 Å². The molecule has 1 aromatic carbocycles. The van der Waals surface area contributed by atoms with E-state index in [2.05, 4.69) is 0 Å². The van der Waals surface area contributed by atoms with Crippen molar-refractivity contribution in [2.75, 3.05) is 13.7 Å². The molecule has 0 aliphatic carbocycles. The van der Waals surface area contributed by atoms with Gasteiger partial charge in [-0.3, -0.25) is 0 Å². The number of ether oxygens (including phenoxy) is 2. The van der Waals surface area contributed by atoms with Gasteiger partial charge in [0.25, 0.3) is 0 Å². The Balaban J connectivity index is 0.00000144. The molecule has 0 saturated heterocycles. The average molecular weight is 260 g/mol. The summed E-state index contributed by atoms with van der Waals surface area (Å²) in [4.78, 5) is 11.0. The molecular weight excluding hydrogens is 246 g/mol. The van der Waals surface area contributed by atoms with Crippen LogP contribution in [0.5, 0.6) is 11.5 Å². The van der Waals surface area contributed by atoms with Gasteiger partial charge in [0, 0.05) is 24.1 Å². The van der Waals surface area contributed by atoms with Gasteiger partial charge in [-0.15, -0.1) is 12.4 Å². The van der Waals surface area contributed by atoms with E-state index in [-0.39, 0.29) is 24.0 Å². The van der Waals surface area contributed by atoms with E-state index in [0.717, 1.165) is 5.56 Å². The molecule has 94 valence electrons. The second-order valence-corrected chi connectivity index (χ2v) is 3.64. The van der Waals surface area contributed by atoms with Crippen molar-refractivity contribution < 1.29 is 19.4 Å². The second kappa shape index (κ2) is 5.25. The van der Waals surface area contributed by atoms with E-state index in [9.17, 15) is 4.79 Å². The Labute approximate surface area is 105 Å². The van der Waals surface area contributed by atoms with E-state index in [1.807, 2.05) is 0 Å². The van der Waals surface area contributed by atoms with Gasteiger partial charge in [0.2, 0.25) is 0 Å². The van der Waals surface area contributed by atoms with Gasteiger partial charge in [0.05, 0.1) is 13.7 Å². The summed E-state index contributed by atoms with van der Waals surface area (Å²) in [5.41, 5.74) is 6.73. The summed E-state index contributed by atoms with van der Waals surface area (Å²) in [6, 6.07) is 2.94. The van der Waals surface area contributed by atoms with Crippen molar-refractivity contribution in [3.05, 3.63) is 23.3 Å². The van der Waals surface area contributed by atoms with Crippen LogP contribution >= 0.6 is 12.4 Å². The molecule has 5 nitrogen and oxygen atoms in total. The van der Waals surface area contributed by atoms with Crippen LogP contribution < -0.4 is 15.2 Å². The molecule has 1 aliphatic heterocycles. The fourth-order valence-electron chi connectivity index (χ4n) is 1.78. The highest BCUT2D eigenvalue weighted by molar-refractivity contribution is 5.91. The summed E-state index contributed by atoms with van der Waals surface area (Å²) >= 11 is 0. The van der Waals surface area contributed by atoms with Gasteiger partial charge in [-0.25, -0.2) is 4.79 Å². The molecule has 0 radical (unpaired) electrons. The van der Waals surface area contributed by atoms with Gasteiger partial charge < -0.3 is 20.3 Å². The number of hydrogen-bond acceptors (Lipinski definition) is 4. The lowest BCUT2D eigenvalue weighted by molar-refractivity contribution is 0.0693. The lowest BCUT2D eigenvalue weighted by Gasteiger charge is -2.24. The maximum atomic E-state index is 11.0. The fraction of sp³-hybridized carbons (Fsp3) is 0.364. The number of rotatable bonds is 2. The Morgan fingerprint density at radius 1 is 1.59 bits per heavy atom. The van der Waals surface area contributed by atoms with Crippen molar-refractivity contribution in [2.24, 2.45) is 5.73 Å². The van der Waals surface area contributed by atoms with E-state index < -0.39 is 5.97 Å². The largest absolute Gasteiger partial charge is 0.496 e. The van der Waals surface area contributed by atoms with Crippen molar-refractivity contribution >= 4 is 18.4 Å². The van der Waals surface area contributed by atoms with Crippen LogP contribution in [0.1, 0.15) is 28.4 Å². The minimum atomic E-state index is -1.03. The van der Waals surface area contributed by atoms with E-state index >= 15 is 0 Å². The average Bonchev–Trinajstić information content (AvgIpc) is 2.27. The van der Waals surface area contributed by atoms with Crippen LogP contribution in [0.4, 0.5) is 0 Å². The van der Waals surface area contributed by atoms with Crippen molar-refractivity contribution in [1.29, 1.82) is 0 Å². The van der Waals surface area contributed by atoms with Gasteiger partial charge in [-0.05, 0) is 6.07 Å². The molecule has 0 saturated carbocycles. The Morgan fingerprint density at radius 3 is 2.88 bits per heavy atom. The highest BCUT2D eigenvalue weighted by atomic mass is 35.5. The zero-order valence-corrected chi connectivity index (χ0v) is 10.1. The first kappa shape index (κ1) is 13.6. The lowest BCUT2D eigenvalue weighted by atomic mass is 9.98. The number of carboxylic acid groups (broad SMARTS) is 1. The third kappa shape index (κ3) is 2.45. The fourth-order valence-corrected chi connectivity index (χ4v) is 1.78. The number of halogens is 1. The number of carboxylic acids is 1. The van der Waals surface area contributed by atoms with E-state index in [4.69, 9.17) is 20.3 Å². The minimum Gasteiger partial charge on any atom is -0.496 e. The number of methoxy groups -OCH3 is 1. The number of fused-ring (bicyclic) bond motifs is 1. The highest BCUT2D eigenvalue weighted by Gasteiger charge is 2.23. The van der Waals surface area contributed by atoms with Gasteiger partial charge in [0.15, 0.2) is 0 Å². The second-order valence-electron chi connectivity index (χ2n) is 3.64. The van der Waals surface area contributed by atoms with Crippen LogP contribution in [0.3, 0.4) is 0 Å². The van der Waals surface area contributed by atoms with Crippen LogP contribution in [0.2, 0.25) is 0 Å². The van der Waals surface area contributed by atoms with Crippen LogP contribution in [-0.2, 0) is 0 Å². The molecule has 1 heterocycles. The topological polar surface area (TPSA) is 81.8 Å². The zero-order chi connectivity index (χ0) is 11.7. The quantitative estimate of drug-likeness (QED) is 0.843. The molecule has 0 spiro atoms. The molecule has 0 amide bonds. The smallest absolute Gasteiger partial charge is 0.339 e. The number of nitrogens with two attached hydrogens (primary N) is 1. The molecule has 1 atom stereocenters. The zero-order valence-electron chi connectivity index (χ0n) is 9.30. The Kier molecular flexibility index (Phi) is 4.20. The van der Waals surface area contributed by atoms with E-state index in [0.29, 0.717) is 24.5 Å². The molecule has 1 aliphatic rings. The molecule has 6 heteroatoms. The maximum absolute atomic E-state index is 11.0. The molecule has 1 aromatic rings. The van der Waals surface area contributed by atoms with E-state index in [1.54, 1.807) is 6.07 Å². The molecular formula is C11H14ClNO4. The van der Waals surface area contributed by atoms with Crippen molar-refractivity contribution in [2.45, 2.75) is 12.5 Å². The predicted octanol–water partition coefficient (Wildman–Crippen LogP) is 1.60. The van der Waals surface area contributed by atoms with Crippen LogP contribution in [-0.4, -0.2) is 24.8 Å². The monoisotopic (exact) mass is 259 g/mol. The molecule has 0 unspecified atom stereocenters. The lowest BCUT2D eigenvalue weighted by Crippen LogP contribution is -2.21. The van der Waals surface area contributed by atoms with Gasteiger partial charge in [-0.2, -0.15) is 0 Å². The number of hydrogen-bond donors (Lipinski definition) is 2. The van der Waals surface area contributed by atoms with Crippen molar-refractivity contribution in [3.8, 4) is 11.5 Å². The summed E-state index contributed by atoms with van der Waals surface area (Å²) in [6.07, 6.45) is 0.693. The molecule has 3 N–H and O–H groups in total. The van der Waals surface area contributed by atoms with E-state index in [1.165, 1.54) is 13.2 Å². The number of carbonyl (C=O) groups is 1. The molecule has 17 heavy (non-hydrogen) atoms. The molecule has 0 aromatic heterocycles. The third-order valence-corrected chi connectivity index (χ3v) is 2.65. The maximum Gasteiger partial charge on any atom is 0.339 e. The molecule has 0 bridgehead atoms. The normalized spacial score (nSPS) is 17.4. The number of benzene rings is 1. The van der Waals surface area contributed by atoms with Crippen LogP contribution in [0, 0.1) is 0 Å². The summed E-state index contributed by atoms with van der Waals surface area (Å²) in [5.74, 6) is -0.127. The van der Waals surface area contributed by atoms with Crippen molar-refractivity contribution in [1.82, 2.24) is 0 Å². The summed E-state index contributed by atoms with van der Waals surface area (Å²) in [7, 11) is 1.43. The molecule has 2 rings (SSSR count). The van der Waals surface area contributed by atoms with Gasteiger partial charge in [-0.1, -0.05) is 0 Å². The predicted molar refractivity (Wildman–Crippen MR) is 64.2 cm³/mol. The van der Waals surface area contributed by atoms with Gasteiger partial charge >= 0.3 is 5.97 Å². The first-order valence-corrected chi connectivity index (χ1v) is 4.97. The summed E-state index contributed by atoms with van der Waals surface area (Å²) < 4.78 is 10.4. The Bertz CT molecular complexity index is 436. The summed E-state index contributed by atoms with van der Waals surface area (Å²) in [5, 5.41) is 9.02. The number of aromatic carboxylic acids is 1. The van der Waals surface area contributed by atoms with Crippen molar-refractivity contribution in [3.63, 3.8) is 0 Å². The SMILES string of the molecule is COc1cc2c(cc1C(=O)O)[C@H](N)CCO2.Cl. The Morgan fingerprint density at radius 2 is 2.29 bits per heavy atom. The minimum absolute atomic E-state index is 0. The molecule has 0 fully saturated rings. The standard InChI is InChI=1S/C11H13NO4.ClH/c1-15-9-5-10-6(4-7(9)11(13)14)8(12)2-3-16-10;/h4-5,8H,2-3,12H2,1H3,(H,13,14);1H/t8-;/m1./s1. The van der Waals surface area contributed by atoms with Crippen LogP contribution in [0.25, 0.3) is 0 Å². The highest BCUT2D eigenvalue weighted by Crippen LogP contribution is 2.36. The third-order valence-electron chi connectivity index (χ3n) is 2.65.